The van der Waals surface area contributed by atoms with Crippen molar-refractivity contribution in [1.82, 2.24) is 0 Å². The molecular formula is C28H24NO2P. The van der Waals surface area contributed by atoms with Crippen molar-refractivity contribution in [1.29, 1.82) is 0 Å². The molecule has 1 atom stereocenters. The molecule has 0 saturated heterocycles. The first kappa shape index (κ1) is 19.4. The van der Waals surface area contributed by atoms with Crippen molar-refractivity contribution in [2.45, 2.75) is 13.0 Å². The van der Waals surface area contributed by atoms with Gasteiger partial charge in [-0.05, 0) is 40.6 Å². The average Bonchev–Trinajstić information content (AvgIpc) is 3.31. The molecule has 6 rings (SSSR count). The summed E-state index contributed by atoms with van der Waals surface area (Å²) in [5.41, 5.74) is 1.75. The van der Waals surface area contributed by atoms with E-state index in [0.717, 1.165) is 21.9 Å². The lowest BCUT2D eigenvalue weighted by atomic mass is 9.99. The van der Waals surface area contributed by atoms with Gasteiger partial charge in [0.15, 0.2) is 0 Å². The second-order valence-electron chi connectivity index (χ2n) is 8.40. The molecule has 1 aromatic heterocycles. The molecule has 0 unspecified atom stereocenters. The second kappa shape index (κ2) is 7.70. The van der Waals surface area contributed by atoms with Crippen LogP contribution in [0.4, 0.5) is 0 Å². The Bertz CT molecular complexity index is 1470. The minimum atomic E-state index is -1.33. The van der Waals surface area contributed by atoms with Crippen LogP contribution in [0.5, 0.6) is 0 Å². The predicted molar refractivity (Wildman–Crippen MR) is 137 cm³/mol. The summed E-state index contributed by atoms with van der Waals surface area (Å²) in [7, 11) is 0.767. The van der Waals surface area contributed by atoms with Gasteiger partial charge in [0, 0.05) is 29.8 Å². The van der Waals surface area contributed by atoms with Gasteiger partial charge in [-0.3, -0.25) is 0 Å². The third-order valence-corrected chi connectivity index (χ3v) is 8.15. The molecule has 1 heterocycles. The fourth-order valence-corrected chi connectivity index (χ4v) is 6.04. The van der Waals surface area contributed by atoms with E-state index in [-0.39, 0.29) is 6.04 Å². The van der Waals surface area contributed by atoms with Crippen molar-refractivity contribution in [2.75, 3.05) is 11.7 Å². The van der Waals surface area contributed by atoms with Crippen molar-refractivity contribution in [3.63, 3.8) is 0 Å². The smallest absolute Gasteiger partial charge is 0.309 e. The minimum absolute atomic E-state index is 0.252. The molecule has 0 fully saturated rings. The molecule has 4 aromatic carbocycles. The highest BCUT2D eigenvalue weighted by Crippen LogP contribution is 2.42. The van der Waals surface area contributed by atoms with Gasteiger partial charge in [-0.15, -0.1) is 0 Å². The van der Waals surface area contributed by atoms with Gasteiger partial charge in [0.05, 0.1) is 0 Å². The summed E-state index contributed by atoms with van der Waals surface area (Å²) >= 11 is 0. The van der Waals surface area contributed by atoms with E-state index in [1.54, 1.807) is 0 Å². The van der Waals surface area contributed by atoms with E-state index < -0.39 is 8.16 Å². The van der Waals surface area contributed by atoms with Crippen molar-refractivity contribution >= 4 is 51.6 Å². The zero-order valence-corrected chi connectivity index (χ0v) is 19.0. The van der Waals surface area contributed by atoms with Gasteiger partial charge < -0.3 is 8.39 Å². The third-order valence-electron chi connectivity index (χ3n) is 6.57. The van der Waals surface area contributed by atoms with Crippen LogP contribution >= 0.6 is 8.16 Å². The Balaban J connectivity index is 1.74. The predicted octanol–water partition coefficient (Wildman–Crippen LogP) is 8.29. The molecule has 4 heteroatoms. The van der Waals surface area contributed by atoms with E-state index in [2.05, 4.69) is 116 Å². The minimum Gasteiger partial charge on any atom is -0.408 e. The first-order valence-electron chi connectivity index (χ1n) is 11.0. The zero-order chi connectivity index (χ0) is 21.7. The van der Waals surface area contributed by atoms with E-state index in [4.69, 9.17) is 8.39 Å². The topological polar surface area (TPSA) is 29.5 Å². The molecule has 0 spiro atoms. The summed E-state index contributed by atoms with van der Waals surface area (Å²) in [6, 6.07) is 25.7. The van der Waals surface area contributed by atoms with Crippen LogP contribution in [-0.2, 0) is 0 Å². The van der Waals surface area contributed by atoms with Crippen molar-refractivity contribution in [3.05, 3.63) is 97.1 Å². The molecule has 1 aliphatic rings. The molecule has 0 N–H and O–H groups in total. The van der Waals surface area contributed by atoms with Crippen LogP contribution in [0.25, 0.3) is 43.5 Å². The lowest BCUT2D eigenvalue weighted by molar-refractivity contribution is 0.573. The molecule has 0 amide bonds. The number of nitrogens with zero attached hydrogens (tertiary/aromatic N) is 1. The Labute approximate surface area is 187 Å². The van der Waals surface area contributed by atoms with Crippen LogP contribution < -0.4 is 4.67 Å². The summed E-state index contributed by atoms with van der Waals surface area (Å²) in [5.74, 6) is 0.352. The average molecular weight is 437 g/mol. The number of allylic oxidation sites excluding steroid dienone is 2. The van der Waals surface area contributed by atoms with Gasteiger partial charge in [0.2, 0.25) is 0 Å². The summed E-state index contributed by atoms with van der Waals surface area (Å²) in [6.07, 6.45) is 8.69. The first-order chi connectivity index (χ1) is 15.7. The molecule has 5 aromatic rings. The Morgan fingerprint density at radius 3 is 1.75 bits per heavy atom. The van der Waals surface area contributed by atoms with Gasteiger partial charge >= 0.3 is 8.16 Å². The van der Waals surface area contributed by atoms with Crippen LogP contribution in [0.1, 0.15) is 6.92 Å². The number of hydrogen-bond donors (Lipinski definition) is 0. The fraction of sp³-hybridized carbons (Fsp3) is 0.143. The van der Waals surface area contributed by atoms with Gasteiger partial charge in [0.1, 0.15) is 11.2 Å². The number of hydrogen-bond acceptors (Lipinski definition) is 3. The Hall–Kier alpha value is -3.26. The van der Waals surface area contributed by atoms with Gasteiger partial charge in [-0.1, -0.05) is 85.0 Å². The molecule has 3 nitrogen and oxygen atoms in total. The monoisotopic (exact) mass is 437 g/mol. The van der Waals surface area contributed by atoms with E-state index >= 15 is 0 Å². The Kier molecular flexibility index (Phi) is 4.68. The maximum atomic E-state index is 6.66. The van der Waals surface area contributed by atoms with Gasteiger partial charge in [-0.2, -0.15) is 0 Å². The zero-order valence-electron chi connectivity index (χ0n) is 18.1. The van der Waals surface area contributed by atoms with Gasteiger partial charge in [0.25, 0.3) is 0 Å². The van der Waals surface area contributed by atoms with Crippen LogP contribution in [0.15, 0.2) is 105 Å². The van der Waals surface area contributed by atoms with E-state index in [0.29, 0.717) is 5.92 Å². The summed E-state index contributed by atoms with van der Waals surface area (Å²) < 4.78 is 15.6. The van der Waals surface area contributed by atoms with Crippen LogP contribution in [0.3, 0.4) is 0 Å². The highest BCUT2D eigenvalue weighted by Gasteiger charge is 2.23. The molecule has 0 bridgehead atoms. The van der Waals surface area contributed by atoms with Crippen molar-refractivity contribution < 1.29 is 8.39 Å². The number of fused-ring (bicyclic) bond motifs is 7. The van der Waals surface area contributed by atoms with Crippen LogP contribution in [0.2, 0.25) is 0 Å². The first-order valence-corrected chi connectivity index (χ1v) is 12.1. The van der Waals surface area contributed by atoms with E-state index in [1.807, 2.05) is 0 Å². The Morgan fingerprint density at radius 1 is 0.719 bits per heavy atom. The SMILES string of the molecule is C[C@H](C1C=CC=C1)N(C)p1oc2ccc3ccccc3c2c2c(ccc3ccccc32)o1. The molecule has 1 aliphatic carbocycles. The third kappa shape index (κ3) is 3.09. The highest BCUT2D eigenvalue weighted by atomic mass is 31.1. The Morgan fingerprint density at radius 2 is 1.22 bits per heavy atom. The number of benzene rings is 4. The fourth-order valence-electron chi connectivity index (χ4n) is 4.66. The lowest BCUT2D eigenvalue weighted by Gasteiger charge is -2.24. The summed E-state index contributed by atoms with van der Waals surface area (Å²) in [6.45, 7) is 2.23. The maximum Gasteiger partial charge on any atom is 0.309 e. The van der Waals surface area contributed by atoms with Crippen molar-refractivity contribution in [2.24, 2.45) is 5.92 Å². The number of rotatable bonds is 3. The van der Waals surface area contributed by atoms with Gasteiger partial charge in [-0.25, -0.2) is 4.67 Å². The van der Waals surface area contributed by atoms with Crippen molar-refractivity contribution in [3.8, 4) is 0 Å². The van der Waals surface area contributed by atoms with E-state index in [9.17, 15) is 0 Å². The second-order valence-corrected chi connectivity index (χ2v) is 9.87. The molecule has 158 valence electrons. The molecule has 32 heavy (non-hydrogen) atoms. The lowest BCUT2D eigenvalue weighted by Crippen LogP contribution is -2.31. The molecule has 0 saturated carbocycles. The summed E-state index contributed by atoms with van der Waals surface area (Å²) in [5, 5.41) is 6.98. The highest BCUT2D eigenvalue weighted by molar-refractivity contribution is 7.38. The van der Waals surface area contributed by atoms with Crippen LogP contribution in [-0.4, -0.2) is 13.1 Å². The van der Waals surface area contributed by atoms with E-state index in [1.165, 1.54) is 21.5 Å². The normalized spacial score (nSPS) is 15.0. The maximum absolute atomic E-state index is 6.66. The molecule has 0 aliphatic heterocycles. The van der Waals surface area contributed by atoms with Crippen LogP contribution in [0, 0.1) is 5.92 Å². The summed E-state index contributed by atoms with van der Waals surface area (Å²) in [4.78, 5) is 0. The molecule has 0 radical (unpaired) electrons. The largest absolute Gasteiger partial charge is 0.408 e. The quantitative estimate of drug-likeness (QED) is 0.284. The standard InChI is InChI=1S/C28H24NO2P/c1-19(20-9-3-4-10-20)29(2)32-30-25-17-15-21-11-5-7-13-23(21)27(25)28-24-14-8-6-12-22(24)16-18-26(28)31-32/h3-20H,1-2H3/t19-/m1/s1. The molecular weight excluding hydrogens is 413 g/mol.